The lowest BCUT2D eigenvalue weighted by Crippen LogP contribution is -2.42. The lowest BCUT2D eigenvalue weighted by atomic mass is 9.88. The van der Waals surface area contributed by atoms with Crippen molar-refractivity contribution in [3.63, 3.8) is 0 Å². The van der Waals surface area contributed by atoms with E-state index in [1.54, 1.807) is 7.05 Å². The molecule has 9 heteroatoms. The van der Waals surface area contributed by atoms with Crippen LogP contribution in [0.15, 0.2) is 40.2 Å². The van der Waals surface area contributed by atoms with Gasteiger partial charge in [-0.3, -0.25) is 4.79 Å². The molecule has 2 aromatic rings. The number of halogens is 2. The van der Waals surface area contributed by atoms with Gasteiger partial charge in [0.05, 0.1) is 21.8 Å². The molecule has 0 fully saturated rings. The lowest BCUT2D eigenvalue weighted by molar-refractivity contribution is 0.216. The highest BCUT2D eigenvalue weighted by atomic mass is 35.5. The fourth-order valence-electron chi connectivity index (χ4n) is 2.28. The van der Waals surface area contributed by atoms with Gasteiger partial charge in [-0.25, -0.2) is 8.42 Å². The van der Waals surface area contributed by atoms with Gasteiger partial charge in [0.1, 0.15) is 5.02 Å². The number of aromatic nitrogens is 2. The summed E-state index contributed by atoms with van der Waals surface area (Å²) >= 11 is 11.6. The van der Waals surface area contributed by atoms with Crippen LogP contribution in [0.5, 0.6) is 0 Å². The van der Waals surface area contributed by atoms with Crippen LogP contribution in [0, 0.1) is 5.41 Å². The summed E-state index contributed by atoms with van der Waals surface area (Å²) in [5, 5.41) is 3.84. The molecule has 1 atom stereocenters. The Hall–Kier alpha value is -1.41. The number of benzene rings is 1. The average molecular weight is 418 g/mol. The van der Waals surface area contributed by atoms with Crippen LogP contribution in [0.2, 0.25) is 10.0 Å². The molecule has 0 radical (unpaired) electrons. The summed E-state index contributed by atoms with van der Waals surface area (Å²) in [5.74, 6) is 0. The second-order valence-corrected chi connectivity index (χ2v) is 9.86. The largest absolute Gasteiger partial charge is 0.291 e. The average Bonchev–Trinajstić information content (AvgIpc) is 2.58. The maximum absolute atomic E-state index is 12.8. The fourth-order valence-corrected chi connectivity index (χ4v) is 4.07. The Kier molecular flexibility index (Phi) is 5.87. The van der Waals surface area contributed by atoms with Crippen LogP contribution in [0.4, 0.5) is 0 Å². The third-order valence-electron chi connectivity index (χ3n) is 4.43. The van der Waals surface area contributed by atoms with Crippen molar-refractivity contribution in [1.82, 2.24) is 14.1 Å². The molecule has 0 spiro atoms. The highest BCUT2D eigenvalue weighted by Gasteiger charge is 2.32. The Balaban J connectivity index is 2.41. The first-order valence-corrected chi connectivity index (χ1v) is 10.1. The molecule has 1 heterocycles. The van der Waals surface area contributed by atoms with Crippen LogP contribution in [-0.2, 0) is 10.0 Å². The molecular formula is C17H21Cl2N3O3S. The summed E-state index contributed by atoms with van der Waals surface area (Å²) in [4.78, 5) is 12.3. The molecule has 142 valence electrons. The molecule has 0 amide bonds. The van der Waals surface area contributed by atoms with Gasteiger partial charge in [-0.15, -0.1) is 0 Å². The zero-order chi connectivity index (χ0) is 19.9. The lowest BCUT2D eigenvalue weighted by Gasteiger charge is -2.34. The maximum atomic E-state index is 12.8. The van der Waals surface area contributed by atoms with E-state index in [2.05, 4.69) is 5.10 Å². The third-order valence-corrected chi connectivity index (χ3v) is 7.12. The Labute approximate surface area is 163 Å². The Morgan fingerprint density at radius 2 is 1.69 bits per heavy atom. The van der Waals surface area contributed by atoms with E-state index < -0.39 is 15.6 Å². The third kappa shape index (κ3) is 3.96. The van der Waals surface area contributed by atoms with Gasteiger partial charge in [-0.1, -0.05) is 44.0 Å². The van der Waals surface area contributed by atoms with Crippen LogP contribution in [0.3, 0.4) is 0 Å². The van der Waals surface area contributed by atoms with Crippen molar-refractivity contribution in [2.24, 2.45) is 5.41 Å². The summed E-state index contributed by atoms with van der Waals surface area (Å²) in [6.07, 6.45) is 1.26. The van der Waals surface area contributed by atoms with Crippen molar-refractivity contribution in [2.45, 2.75) is 38.6 Å². The first-order chi connectivity index (χ1) is 11.9. The smallest absolute Gasteiger partial charge is 0.266 e. The molecule has 1 unspecified atom stereocenters. The van der Waals surface area contributed by atoms with Crippen molar-refractivity contribution < 1.29 is 8.42 Å². The summed E-state index contributed by atoms with van der Waals surface area (Å²) in [5.41, 5.74) is -0.397. The predicted octanol–water partition coefficient (Wildman–Crippen LogP) is 3.59. The quantitative estimate of drug-likeness (QED) is 0.761. The van der Waals surface area contributed by atoms with Crippen molar-refractivity contribution in [3.05, 3.63) is 50.9 Å². The monoisotopic (exact) mass is 417 g/mol. The number of hydrogen-bond acceptors (Lipinski definition) is 4. The number of sulfonamides is 1. The highest BCUT2D eigenvalue weighted by Crippen LogP contribution is 2.28. The van der Waals surface area contributed by atoms with Gasteiger partial charge in [0.25, 0.3) is 5.56 Å². The normalized spacial score (nSPS) is 13.8. The molecule has 1 aromatic heterocycles. The zero-order valence-corrected chi connectivity index (χ0v) is 17.5. The minimum atomic E-state index is -3.67. The highest BCUT2D eigenvalue weighted by molar-refractivity contribution is 7.89. The van der Waals surface area contributed by atoms with Crippen LogP contribution in [0.1, 0.15) is 27.7 Å². The molecule has 0 aliphatic rings. The number of nitrogens with zero attached hydrogens (tertiary/aromatic N) is 3. The summed E-state index contributed by atoms with van der Waals surface area (Å²) in [6.45, 7) is 7.81. The van der Waals surface area contributed by atoms with Crippen molar-refractivity contribution >= 4 is 33.2 Å². The molecule has 0 saturated carbocycles. The molecule has 0 saturated heterocycles. The van der Waals surface area contributed by atoms with Gasteiger partial charge in [0.15, 0.2) is 0 Å². The summed E-state index contributed by atoms with van der Waals surface area (Å²) < 4.78 is 28.1. The molecule has 6 nitrogen and oxygen atoms in total. The molecule has 2 rings (SSSR count). The van der Waals surface area contributed by atoms with Crippen molar-refractivity contribution in [3.8, 4) is 5.69 Å². The Bertz CT molecular complexity index is 964. The number of hydrogen-bond donors (Lipinski definition) is 0. The standard InChI is InChI=1S/C17H21Cl2N3O3S/c1-11(17(2,3)4)21(5)26(24,25)13-8-6-12(7-9-13)22-16(23)15(19)14(18)10-20-22/h6-11H,1-5H3. The van der Waals surface area contributed by atoms with Crippen molar-refractivity contribution in [1.29, 1.82) is 0 Å². The van der Waals surface area contributed by atoms with Crippen LogP contribution in [0.25, 0.3) is 5.69 Å². The molecule has 0 N–H and O–H groups in total. The van der Waals surface area contributed by atoms with Crippen LogP contribution < -0.4 is 5.56 Å². The zero-order valence-electron chi connectivity index (χ0n) is 15.2. The topological polar surface area (TPSA) is 72.3 Å². The second kappa shape index (κ2) is 7.31. The molecule has 1 aromatic carbocycles. The van der Waals surface area contributed by atoms with Gasteiger partial charge in [0, 0.05) is 13.1 Å². The SMILES string of the molecule is CC(N(C)S(=O)(=O)c1ccc(-n2ncc(Cl)c(Cl)c2=O)cc1)C(C)(C)C. The van der Waals surface area contributed by atoms with E-state index in [4.69, 9.17) is 23.2 Å². The molecule has 0 aliphatic heterocycles. The van der Waals surface area contributed by atoms with Gasteiger partial charge in [-0.05, 0) is 36.6 Å². The van der Waals surface area contributed by atoms with E-state index in [0.717, 1.165) is 4.68 Å². The molecule has 0 aliphatic carbocycles. The Morgan fingerprint density at radius 1 is 1.15 bits per heavy atom. The molecule has 0 bridgehead atoms. The van der Waals surface area contributed by atoms with E-state index in [0.29, 0.717) is 5.69 Å². The summed E-state index contributed by atoms with van der Waals surface area (Å²) in [6, 6.07) is 5.68. The first-order valence-electron chi connectivity index (χ1n) is 7.89. The van der Waals surface area contributed by atoms with Gasteiger partial charge in [-0.2, -0.15) is 14.1 Å². The van der Waals surface area contributed by atoms with E-state index in [1.165, 1.54) is 34.8 Å². The minimum Gasteiger partial charge on any atom is -0.266 e. The molecule has 26 heavy (non-hydrogen) atoms. The fraction of sp³-hybridized carbons (Fsp3) is 0.412. The maximum Gasteiger partial charge on any atom is 0.291 e. The second-order valence-electron chi connectivity index (χ2n) is 7.08. The van der Waals surface area contributed by atoms with E-state index in [9.17, 15) is 13.2 Å². The van der Waals surface area contributed by atoms with Gasteiger partial charge >= 0.3 is 0 Å². The molecular weight excluding hydrogens is 397 g/mol. The van der Waals surface area contributed by atoms with Crippen LogP contribution >= 0.6 is 23.2 Å². The summed E-state index contributed by atoms with van der Waals surface area (Å²) in [7, 11) is -2.11. The number of rotatable bonds is 4. The van der Waals surface area contributed by atoms with Crippen LogP contribution in [-0.4, -0.2) is 35.6 Å². The van der Waals surface area contributed by atoms with E-state index in [-0.39, 0.29) is 26.4 Å². The van der Waals surface area contributed by atoms with Gasteiger partial charge < -0.3 is 0 Å². The van der Waals surface area contributed by atoms with E-state index >= 15 is 0 Å². The predicted molar refractivity (Wildman–Crippen MR) is 104 cm³/mol. The van der Waals surface area contributed by atoms with Gasteiger partial charge in [0.2, 0.25) is 10.0 Å². The first kappa shape index (κ1) is 20.9. The van der Waals surface area contributed by atoms with Crippen molar-refractivity contribution in [2.75, 3.05) is 7.05 Å². The Morgan fingerprint density at radius 3 is 2.19 bits per heavy atom. The minimum absolute atomic E-state index is 0.0601. The van der Waals surface area contributed by atoms with E-state index in [1.807, 2.05) is 27.7 Å².